The maximum absolute atomic E-state index is 9.05. The van der Waals surface area contributed by atoms with Gasteiger partial charge in [-0.15, -0.1) is 6.58 Å². The predicted octanol–water partition coefficient (Wildman–Crippen LogP) is 3.62. The van der Waals surface area contributed by atoms with Crippen LogP contribution >= 0.6 is 11.6 Å². The molecule has 0 spiro atoms. The highest BCUT2D eigenvalue weighted by molar-refractivity contribution is 6.30. The Hall–Kier alpha value is -1.33. The number of pyridine rings is 1. The Morgan fingerprint density at radius 1 is 1.73 bits per heavy atom. The third-order valence-electron chi connectivity index (χ3n) is 2.19. The van der Waals surface area contributed by atoms with Crippen molar-refractivity contribution >= 4 is 11.6 Å². The van der Waals surface area contributed by atoms with Crippen molar-refractivity contribution in [3.63, 3.8) is 0 Å². The molecule has 1 aromatic rings. The molecule has 1 heterocycles. The molecule has 1 rings (SSSR count). The molecule has 1 atom stereocenters. The first-order valence-corrected chi connectivity index (χ1v) is 5.19. The van der Waals surface area contributed by atoms with Gasteiger partial charge in [0.15, 0.2) is 0 Å². The number of allylic oxidation sites excluding steroid dienone is 1. The van der Waals surface area contributed by atoms with Gasteiger partial charge in [0.25, 0.3) is 0 Å². The fourth-order valence-corrected chi connectivity index (χ4v) is 1.63. The van der Waals surface area contributed by atoms with Gasteiger partial charge >= 0.3 is 0 Å². The van der Waals surface area contributed by atoms with Gasteiger partial charge in [-0.25, -0.2) is 4.98 Å². The summed E-state index contributed by atoms with van der Waals surface area (Å²) in [5, 5.41) is 9.48. The highest BCUT2D eigenvalue weighted by Crippen LogP contribution is 2.26. The quantitative estimate of drug-likeness (QED) is 0.574. The summed E-state index contributed by atoms with van der Waals surface area (Å²) < 4.78 is 0. The lowest BCUT2D eigenvalue weighted by Crippen LogP contribution is -1.98. The summed E-state index contributed by atoms with van der Waals surface area (Å²) in [7, 11) is 0. The minimum absolute atomic E-state index is 0.192. The highest BCUT2D eigenvalue weighted by atomic mass is 35.5. The summed E-state index contributed by atoms with van der Waals surface area (Å²) in [5.41, 5.74) is 1.84. The van der Waals surface area contributed by atoms with Crippen molar-refractivity contribution in [3.05, 3.63) is 41.2 Å². The maximum Gasteiger partial charge on any atom is 0.133 e. The van der Waals surface area contributed by atoms with Crippen molar-refractivity contribution in [1.29, 1.82) is 5.26 Å². The van der Waals surface area contributed by atoms with E-state index in [1.165, 1.54) is 0 Å². The van der Waals surface area contributed by atoms with Crippen molar-refractivity contribution in [2.24, 2.45) is 0 Å². The molecule has 3 heteroatoms. The first-order valence-electron chi connectivity index (χ1n) is 4.81. The van der Waals surface area contributed by atoms with Crippen LogP contribution in [0.2, 0.25) is 5.15 Å². The lowest BCUT2D eigenvalue weighted by Gasteiger charge is -2.09. The molecule has 78 valence electrons. The average molecular weight is 221 g/mol. The van der Waals surface area contributed by atoms with E-state index in [1.54, 1.807) is 6.20 Å². The Balaban J connectivity index is 2.96. The van der Waals surface area contributed by atoms with Gasteiger partial charge in [-0.1, -0.05) is 23.7 Å². The average Bonchev–Trinajstić information content (AvgIpc) is 2.24. The SMILES string of the molecule is C=CCCC(C#N)c1cc(C)cnc1Cl. The van der Waals surface area contributed by atoms with E-state index in [2.05, 4.69) is 17.6 Å². The van der Waals surface area contributed by atoms with Gasteiger partial charge in [0, 0.05) is 11.8 Å². The van der Waals surface area contributed by atoms with E-state index >= 15 is 0 Å². The fourth-order valence-electron chi connectivity index (χ4n) is 1.39. The first kappa shape index (κ1) is 11.7. The largest absolute Gasteiger partial charge is 0.244 e. The molecule has 2 nitrogen and oxygen atoms in total. The molecule has 15 heavy (non-hydrogen) atoms. The summed E-state index contributed by atoms with van der Waals surface area (Å²) in [4.78, 5) is 4.04. The van der Waals surface area contributed by atoms with Crippen LogP contribution in [0.1, 0.15) is 29.9 Å². The zero-order valence-corrected chi connectivity index (χ0v) is 9.46. The maximum atomic E-state index is 9.05. The molecule has 0 saturated heterocycles. The molecule has 0 aliphatic rings. The smallest absolute Gasteiger partial charge is 0.133 e. The van der Waals surface area contributed by atoms with Crippen LogP contribution in [0.25, 0.3) is 0 Å². The monoisotopic (exact) mass is 220 g/mol. The first-order chi connectivity index (χ1) is 7.19. The molecule has 0 aliphatic heterocycles. The van der Waals surface area contributed by atoms with Crippen molar-refractivity contribution in [1.82, 2.24) is 4.98 Å². The number of hydrogen-bond acceptors (Lipinski definition) is 2. The molecule has 1 aromatic heterocycles. The summed E-state index contributed by atoms with van der Waals surface area (Å²) in [6.07, 6.45) is 5.06. The topological polar surface area (TPSA) is 36.7 Å². The van der Waals surface area contributed by atoms with E-state index in [0.717, 1.165) is 24.0 Å². The Bertz CT molecular complexity index is 393. The molecule has 0 aliphatic carbocycles. The number of hydrogen-bond donors (Lipinski definition) is 0. The van der Waals surface area contributed by atoms with Crippen LogP contribution in [-0.4, -0.2) is 4.98 Å². The van der Waals surface area contributed by atoms with E-state index in [4.69, 9.17) is 16.9 Å². The van der Waals surface area contributed by atoms with E-state index in [-0.39, 0.29) is 5.92 Å². The summed E-state index contributed by atoms with van der Waals surface area (Å²) in [5.74, 6) is -0.192. The molecule has 1 unspecified atom stereocenters. The van der Waals surface area contributed by atoms with Crippen LogP contribution in [-0.2, 0) is 0 Å². The summed E-state index contributed by atoms with van der Waals surface area (Å²) in [6, 6.07) is 4.17. The van der Waals surface area contributed by atoms with Gasteiger partial charge in [-0.2, -0.15) is 5.26 Å². The second-order valence-electron chi connectivity index (χ2n) is 3.44. The molecule has 0 saturated carbocycles. The second-order valence-corrected chi connectivity index (χ2v) is 3.80. The van der Waals surface area contributed by atoms with Crippen molar-refractivity contribution in [2.45, 2.75) is 25.7 Å². The van der Waals surface area contributed by atoms with Gasteiger partial charge < -0.3 is 0 Å². The molecule has 0 aromatic carbocycles. The number of nitrogens with zero attached hydrogens (tertiary/aromatic N) is 2. The van der Waals surface area contributed by atoms with Gasteiger partial charge in [-0.05, 0) is 25.3 Å². The van der Waals surface area contributed by atoms with Crippen LogP contribution in [0, 0.1) is 18.3 Å². The normalized spacial score (nSPS) is 11.8. The minimum Gasteiger partial charge on any atom is -0.244 e. The fraction of sp³-hybridized carbons (Fsp3) is 0.333. The Labute approximate surface area is 95.2 Å². The van der Waals surface area contributed by atoms with Crippen LogP contribution < -0.4 is 0 Å². The minimum atomic E-state index is -0.192. The number of aromatic nitrogens is 1. The van der Waals surface area contributed by atoms with E-state index < -0.39 is 0 Å². The molecule has 0 fully saturated rings. The third-order valence-corrected chi connectivity index (χ3v) is 2.51. The Kier molecular flexibility index (Phi) is 4.33. The molecular weight excluding hydrogens is 208 g/mol. The van der Waals surface area contributed by atoms with Crippen molar-refractivity contribution in [3.8, 4) is 6.07 Å². The Morgan fingerprint density at radius 3 is 3.07 bits per heavy atom. The van der Waals surface area contributed by atoms with Crippen LogP contribution in [0.4, 0.5) is 0 Å². The molecule has 0 N–H and O–H groups in total. The molecular formula is C12H13ClN2. The summed E-state index contributed by atoms with van der Waals surface area (Å²) in [6.45, 7) is 5.58. The van der Waals surface area contributed by atoms with Crippen LogP contribution in [0.3, 0.4) is 0 Å². The van der Waals surface area contributed by atoms with Crippen LogP contribution in [0.5, 0.6) is 0 Å². The van der Waals surface area contributed by atoms with Gasteiger partial charge in [0.05, 0.1) is 12.0 Å². The predicted molar refractivity (Wildman–Crippen MR) is 61.8 cm³/mol. The lowest BCUT2D eigenvalue weighted by atomic mass is 9.96. The van der Waals surface area contributed by atoms with Crippen molar-refractivity contribution in [2.75, 3.05) is 0 Å². The zero-order valence-electron chi connectivity index (χ0n) is 8.70. The van der Waals surface area contributed by atoms with E-state index in [0.29, 0.717) is 5.15 Å². The third kappa shape index (κ3) is 3.07. The van der Waals surface area contributed by atoms with Gasteiger partial charge in [0.1, 0.15) is 5.15 Å². The van der Waals surface area contributed by atoms with Crippen LogP contribution in [0.15, 0.2) is 24.9 Å². The lowest BCUT2D eigenvalue weighted by molar-refractivity contribution is 0.758. The molecule has 0 bridgehead atoms. The van der Waals surface area contributed by atoms with E-state index in [1.807, 2.05) is 19.1 Å². The Morgan fingerprint density at radius 2 is 2.47 bits per heavy atom. The summed E-state index contributed by atoms with van der Waals surface area (Å²) >= 11 is 5.96. The number of halogens is 1. The zero-order chi connectivity index (χ0) is 11.3. The molecule has 0 amide bonds. The van der Waals surface area contributed by atoms with Gasteiger partial charge in [-0.3, -0.25) is 0 Å². The second kappa shape index (κ2) is 5.53. The van der Waals surface area contributed by atoms with E-state index in [9.17, 15) is 0 Å². The number of aryl methyl sites for hydroxylation is 1. The molecule has 0 radical (unpaired) electrons. The van der Waals surface area contributed by atoms with Gasteiger partial charge in [0.2, 0.25) is 0 Å². The van der Waals surface area contributed by atoms with Crippen molar-refractivity contribution < 1.29 is 0 Å². The number of rotatable bonds is 4. The highest BCUT2D eigenvalue weighted by Gasteiger charge is 2.14. The standard InChI is InChI=1S/C12H13ClN2/c1-3-4-5-10(7-14)11-6-9(2)8-15-12(11)13/h3,6,8,10H,1,4-5H2,2H3. The number of nitriles is 1.